The fourth-order valence-electron chi connectivity index (χ4n) is 2.95. The molecule has 0 fully saturated rings. The number of hydrogen-bond donors (Lipinski definition) is 3. The van der Waals surface area contributed by atoms with Crippen molar-refractivity contribution < 1.29 is 27.9 Å². The van der Waals surface area contributed by atoms with Crippen molar-refractivity contribution in [2.75, 3.05) is 11.6 Å². The summed E-state index contributed by atoms with van der Waals surface area (Å²) in [6, 6.07) is 19.7. The largest absolute Gasteiger partial charge is 0.481 e. The highest BCUT2D eigenvalue weighted by molar-refractivity contribution is 7.90. The lowest BCUT2D eigenvalue weighted by molar-refractivity contribution is -0.136. The number of carbonyl (C=O) groups is 2. The Morgan fingerprint density at radius 2 is 1.69 bits per heavy atom. The highest BCUT2D eigenvalue weighted by Crippen LogP contribution is 2.32. The van der Waals surface area contributed by atoms with Gasteiger partial charge in [0.1, 0.15) is 16.9 Å². The SMILES string of the molecule is CS(=O)(=O)C(N)c1cc(CC(=O)O)ccc1Oc1ccc(C(=O)Nc2ccccc2)cc1. The lowest BCUT2D eigenvalue weighted by Gasteiger charge is -2.17. The Bertz CT molecular complexity index is 1230. The molecule has 8 nitrogen and oxygen atoms in total. The summed E-state index contributed by atoms with van der Waals surface area (Å²) in [5, 5.41) is 10.4. The van der Waals surface area contributed by atoms with Gasteiger partial charge in [-0.2, -0.15) is 0 Å². The first kappa shape index (κ1) is 23.0. The summed E-state index contributed by atoms with van der Waals surface area (Å²) >= 11 is 0. The Hall–Kier alpha value is -3.69. The first-order valence-corrected chi connectivity index (χ1v) is 11.5. The molecule has 0 heterocycles. The lowest BCUT2D eigenvalue weighted by Crippen LogP contribution is -2.21. The summed E-state index contributed by atoms with van der Waals surface area (Å²) in [7, 11) is -3.67. The predicted molar refractivity (Wildman–Crippen MR) is 120 cm³/mol. The van der Waals surface area contributed by atoms with Gasteiger partial charge in [0.05, 0.1) is 6.42 Å². The molecule has 0 aliphatic heterocycles. The Labute approximate surface area is 185 Å². The molecule has 166 valence electrons. The summed E-state index contributed by atoms with van der Waals surface area (Å²) in [5.74, 6) is -0.810. The van der Waals surface area contributed by atoms with E-state index >= 15 is 0 Å². The molecular formula is C23H22N2O6S. The summed E-state index contributed by atoms with van der Waals surface area (Å²) in [5.41, 5.74) is 7.51. The molecule has 0 saturated heterocycles. The van der Waals surface area contributed by atoms with Gasteiger partial charge in [0.15, 0.2) is 9.84 Å². The van der Waals surface area contributed by atoms with Crippen LogP contribution in [-0.2, 0) is 21.1 Å². The van der Waals surface area contributed by atoms with Crippen LogP contribution in [0.4, 0.5) is 5.69 Å². The molecule has 0 saturated carbocycles. The van der Waals surface area contributed by atoms with E-state index in [9.17, 15) is 18.0 Å². The van der Waals surface area contributed by atoms with Crippen LogP contribution >= 0.6 is 0 Å². The van der Waals surface area contributed by atoms with Crippen LogP contribution in [0.5, 0.6) is 11.5 Å². The maximum Gasteiger partial charge on any atom is 0.307 e. The number of aliphatic carboxylic acids is 1. The number of carbonyl (C=O) groups excluding carboxylic acids is 1. The van der Waals surface area contributed by atoms with Gasteiger partial charge < -0.3 is 20.9 Å². The van der Waals surface area contributed by atoms with Gasteiger partial charge in [-0.25, -0.2) is 8.42 Å². The van der Waals surface area contributed by atoms with Gasteiger partial charge in [-0.3, -0.25) is 9.59 Å². The van der Waals surface area contributed by atoms with Crippen molar-refractivity contribution in [2.45, 2.75) is 11.8 Å². The van der Waals surface area contributed by atoms with Crippen molar-refractivity contribution >= 4 is 27.4 Å². The van der Waals surface area contributed by atoms with Crippen LogP contribution in [0.1, 0.15) is 26.9 Å². The van der Waals surface area contributed by atoms with Crippen LogP contribution in [0.25, 0.3) is 0 Å². The van der Waals surface area contributed by atoms with Crippen LogP contribution in [0, 0.1) is 0 Å². The first-order chi connectivity index (χ1) is 15.1. The number of benzene rings is 3. The average molecular weight is 455 g/mol. The van der Waals surface area contributed by atoms with E-state index in [1.807, 2.05) is 18.2 Å². The first-order valence-electron chi connectivity index (χ1n) is 9.57. The highest BCUT2D eigenvalue weighted by Gasteiger charge is 2.23. The van der Waals surface area contributed by atoms with Crippen LogP contribution < -0.4 is 15.8 Å². The van der Waals surface area contributed by atoms with Crippen molar-refractivity contribution in [3.63, 3.8) is 0 Å². The number of hydrogen-bond acceptors (Lipinski definition) is 6. The second kappa shape index (κ2) is 9.63. The van der Waals surface area contributed by atoms with Crippen molar-refractivity contribution in [1.29, 1.82) is 0 Å². The van der Waals surface area contributed by atoms with Crippen LogP contribution in [-0.4, -0.2) is 31.7 Å². The fraction of sp³-hybridized carbons (Fsp3) is 0.130. The molecule has 3 aromatic carbocycles. The monoisotopic (exact) mass is 454 g/mol. The maximum atomic E-state index is 12.4. The quantitative estimate of drug-likeness (QED) is 0.475. The number of anilines is 1. The summed E-state index contributed by atoms with van der Waals surface area (Å²) in [4.78, 5) is 23.4. The zero-order valence-corrected chi connectivity index (χ0v) is 18.0. The van der Waals surface area contributed by atoms with Gasteiger partial charge in [-0.1, -0.05) is 24.3 Å². The third kappa shape index (κ3) is 5.93. The molecule has 0 spiro atoms. The number of ether oxygens (including phenoxy) is 1. The third-order valence-corrected chi connectivity index (χ3v) is 5.75. The Morgan fingerprint density at radius 1 is 1.03 bits per heavy atom. The van der Waals surface area contributed by atoms with E-state index in [4.69, 9.17) is 15.6 Å². The van der Waals surface area contributed by atoms with Gasteiger partial charge in [-0.15, -0.1) is 0 Å². The van der Waals surface area contributed by atoms with Crippen molar-refractivity contribution in [2.24, 2.45) is 5.73 Å². The molecule has 4 N–H and O–H groups in total. The summed E-state index contributed by atoms with van der Waals surface area (Å²) < 4.78 is 29.8. The van der Waals surface area contributed by atoms with E-state index in [-0.39, 0.29) is 23.6 Å². The highest BCUT2D eigenvalue weighted by atomic mass is 32.2. The molecule has 0 bridgehead atoms. The zero-order valence-electron chi connectivity index (χ0n) is 17.2. The predicted octanol–water partition coefficient (Wildman–Crippen LogP) is 3.36. The average Bonchev–Trinajstić information content (AvgIpc) is 2.74. The second-order valence-electron chi connectivity index (χ2n) is 7.14. The number of carboxylic acid groups (broad SMARTS) is 1. The molecule has 3 rings (SSSR count). The van der Waals surface area contributed by atoms with Crippen LogP contribution in [0.3, 0.4) is 0 Å². The van der Waals surface area contributed by atoms with Crippen molar-refractivity contribution in [3.8, 4) is 11.5 Å². The van der Waals surface area contributed by atoms with E-state index in [1.54, 1.807) is 36.4 Å². The van der Waals surface area contributed by atoms with Crippen LogP contribution in [0.2, 0.25) is 0 Å². The van der Waals surface area contributed by atoms with Gasteiger partial charge in [0.25, 0.3) is 5.91 Å². The topological polar surface area (TPSA) is 136 Å². The molecule has 0 radical (unpaired) electrons. The minimum absolute atomic E-state index is 0.150. The van der Waals surface area contributed by atoms with E-state index in [0.717, 1.165) is 6.26 Å². The Kier molecular flexibility index (Phi) is 6.92. The lowest BCUT2D eigenvalue weighted by atomic mass is 10.1. The van der Waals surface area contributed by atoms with Gasteiger partial charge in [0, 0.05) is 23.1 Å². The molecule has 9 heteroatoms. The molecule has 0 aliphatic carbocycles. The Balaban J connectivity index is 1.83. The molecule has 0 aliphatic rings. The maximum absolute atomic E-state index is 12.4. The van der Waals surface area contributed by atoms with Gasteiger partial charge in [0.2, 0.25) is 0 Å². The van der Waals surface area contributed by atoms with Crippen molar-refractivity contribution in [3.05, 3.63) is 89.5 Å². The molecule has 1 amide bonds. The summed E-state index contributed by atoms with van der Waals surface area (Å²) in [6.45, 7) is 0. The van der Waals surface area contributed by atoms with Gasteiger partial charge >= 0.3 is 5.97 Å². The number of nitrogens with two attached hydrogens (primary N) is 1. The van der Waals surface area contributed by atoms with E-state index in [2.05, 4.69) is 5.32 Å². The standard InChI is InChI=1S/C23H22N2O6S/c1-32(29,30)22(24)19-13-15(14-21(26)27)7-12-20(19)31-18-10-8-16(9-11-18)23(28)25-17-5-3-2-4-6-17/h2-13,22H,14,24H2,1H3,(H,25,28)(H,26,27). The number of rotatable bonds is 8. The second-order valence-corrected chi connectivity index (χ2v) is 9.31. The van der Waals surface area contributed by atoms with Crippen LogP contribution in [0.15, 0.2) is 72.8 Å². The number of para-hydroxylation sites is 1. The van der Waals surface area contributed by atoms with Gasteiger partial charge in [-0.05, 0) is 54.1 Å². The molecule has 0 aromatic heterocycles. The number of amides is 1. The fourth-order valence-corrected chi connectivity index (χ4v) is 3.60. The molecule has 1 atom stereocenters. The molecular weight excluding hydrogens is 432 g/mol. The van der Waals surface area contributed by atoms with Crippen molar-refractivity contribution in [1.82, 2.24) is 0 Å². The molecule has 3 aromatic rings. The minimum Gasteiger partial charge on any atom is -0.481 e. The number of sulfone groups is 1. The van der Waals surface area contributed by atoms with E-state index in [1.165, 1.54) is 18.2 Å². The molecule has 32 heavy (non-hydrogen) atoms. The van der Waals surface area contributed by atoms with E-state index in [0.29, 0.717) is 22.6 Å². The Morgan fingerprint density at radius 3 is 2.28 bits per heavy atom. The zero-order chi connectivity index (χ0) is 23.3. The third-order valence-electron chi connectivity index (χ3n) is 4.57. The number of carboxylic acids is 1. The smallest absolute Gasteiger partial charge is 0.307 e. The molecule has 1 unspecified atom stereocenters. The number of nitrogens with one attached hydrogen (secondary N) is 1. The normalized spacial score (nSPS) is 12.1. The van der Waals surface area contributed by atoms with E-state index < -0.39 is 21.2 Å². The minimum atomic E-state index is -3.67. The summed E-state index contributed by atoms with van der Waals surface area (Å²) in [6.07, 6.45) is 0.709.